The van der Waals surface area contributed by atoms with Gasteiger partial charge in [-0.05, 0) is 49.8 Å². The molecular weight excluding hydrogens is 322 g/mol. The second kappa shape index (κ2) is 8.88. The van der Waals surface area contributed by atoms with Crippen molar-refractivity contribution in [2.45, 2.75) is 20.5 Å². The van der Waals surface area contributed by atoms with Crippen LogP contribution in [0.2, 0.25) is 0 Å². The third-order valence-electron chi connectivity index (χ3n) is 3.18. The lowest BCUT2D eigenvalue weighted by atomic mass is 10.1. The third kappa shape index (κ3) is 5.55. The fourth-order valence-corrected chi connectivity index (χ4v) is 2.21. The molecule has 0 atom stereocenters. The van der Waals surface area contributed by atoms with Crippen molar-refractivity contribution in [1.29, 1.82) is 0 Å². The standard InChI is InChI=1S/C18H21N3O2S/c1-3-22-17-10-14(11-20-21-18(19)24)7-8-16(17)23-12-15-6-4-5-13(2)9-15/h4-11H,3,12H2,1-2H3,(H3,19,21,24)/p+1. The molecule has 0 fully saturated rings. The SMILES string of the molecule is CCOc1cc(C=[NH+]NC(N)=S)ccc1OCc1cccc(C)c1. The van der Waals surface area contributed by atoms with Gasteiger partial charge in [0.15, 0.2) is 17.7 Å². The highest BCUT2D eigenvalue weighted by Gasteiger charge is 2.07. The summed E-state index contributed by atoms with van der Waals surface area (Å²) in [7, 11) is 0. The van der Waals surface area contributed by atoms with Crippen molar-refractivity contribution in [3.63, 3.8) is 0 Å². The Morgan fingerprint density at radius 1 is 1.21 bits per heavy atom. The van der Waals surface area contributed by atoms with Crippen LogP contribution in [0.15, 0.2) is 42.5 Å². The quantitative estimate of drug-likeness (QED) is 0.400. The van der Waals surface area contributed by atoms with Gasteiger partial charge in [-0.15, -0.1) is 10.5 Å². The van der Waals surface area contributed by atoms with Crippen molar-refractivity contribution in [3.05, 3.63) is 59.2 Å². The Morgan fingerprint density at radius 3 is 2.75 bits per heavy atom. The molecule has 0 radical (unpaired) electrons. The smallest absolute Gasteiger partial charge is 0.221 e. The van der Waals surface area contributed by atoms with Crippen LogP contribution in [0.5, 0.6) is 11.5 Å². The van der Waals surface area contributed by atoms with Gasteiger partial charge in [0.25, 0.3) is 0 Å². The Labute approximate surface area is 147 Å². The Bertz CT molecular complexity index is 732. The summed E-state index contributed by atoms with van der Waals surface area (Å²) >= 11 is 4.73. The van der Waals surface area contributed by atoms with E-state index in [1.165, 1.54) is 5.56 Å². The minimum Gasteiger partial charge on any atom is -0.490 e. The number of hydrazine groups is 1. The average Bonchev–Trinajstić information content (AvgIpc) is 2.54. The summed E-state index contributed by atoms with van der Waals surface area (Å²) in [5, 5.41) is 2.99. The monoisotopic (exact) mass is 344 g/mol. The molecule has 2 aromatic carbocycles. The molecule has 0 aliphatic carbocycles. The Morgan fingerprint density at radius 2 is 2.04 bits per heavy atom. The molecule has 0 heterocycles. The van der Waals surface area contributed by atoms with Crippen LogP contribution < -0.4 is 25.7 Å². The molecule has 24 heavy (non-hydrogen) atoms. The minimum absolute atomic E-state index is 0.175. The van der Waals surface area contributed by atoms with E-state index in [0.717, 1.165) is 11.1 Å². The van der Waals surface area contributed by atoms with E-state index in [9.17, 15) is 0 Å². The summed E-state index contributed by atoms with van der Waals surface area (Å²) in [6.07, 6.45) is 1.74. The Balaban J connectivity index is 2.10. The number of nitrogens with one attached hydrogen (secondary N) is 2. The molecule has 5 nitrogen and oxygen atoms in total. The molecule has 0 spiro atoms. The first-order chi connectivity index (χ1) is 11.6. The van der Waals surface area contributed by atoms with Crippen molar-refractivity contribution in [1.82, 2.24) is 5.43 Å². The van der Waals surface area contributed by atoms with Gasteiger partial charge in [-0.25, -0.2) is 0 Å². The van der Waals surface area contributed by atoms with E-state index in [0.29, 0.717) is 24.7 Å². The van der Waals surface area contributed by atoms with Crippen LogP contribution in [0.25, 0.3) is 0 Å². The minimum atomic E-state index is 0.175. The molecule has 4 N–H and O–H groups in total. The highest BCUT2D eigenvalue weighted by molar-refractivity contribution is 7.80. The van der Waals surface area contributed by atoms with E-state index in [4.69, 9.17) is 27.4 Å². The number of hydrazone groups is 1. The topological polar surface area (TPSA) is 70.5 Å². The average molecular weight is 344 g/mol. The van der Waals surface area contributed by atoms with E-state index in [2.05, 4.69) is 29.6 Å². The lowest BCUT2D eigenvalue weighted by Gasteiger charge is -2.12. The third-order valence-corrected chi connectivity index (χ3v) is 3.28. The maximum absolute atomic E-state index is 5.91. The number of hydrogen-bond donors (Lipinski definition) is 3. The van der Waals surface area contributed by atoms with Crippen LogP contribution in [-0.2, 0) is 6.61 Å². The fraction of sp³-hybridized carbons (Fsp3) is 0.222. The van der Waals surface area contributed by atoms with Gasteiger partial charge in [-0.3, -0.25) is 0 Å². The van der Waals surface area contributed by atoms with Gasteiger partial charge >= 0.3 is 0 Å². The molecule has 6 heteroatoms. The zero-order valence-electron chi connectivity index (χ0n) is 13.8. The number of nitrogens with two attached hydrogens (primary N) is 1. The summed E-state index contributed by atoms with van der Waals surface area (Å²) in [6.45, 7) is 5.05. The van der Waals surface area contributed by atoms with Crippen LogP contribution in [0, 0.1) is 6.92 Å². The Kier molecular flexibility index (Phi) is 6.57. The highest BCUT2D eigenvalue weighted by atomic mass is 32.1. The summed E-state index contributed by atoms with van der Waals surface area (Å²) in [5.41, 5.74) is 11.2. The molecule has 2 rings (SSSR count). The highest BCUT2D eigenvalue weighted by Crippen LogP contribution is 2.28. The van der Waals surface area contributed by atoms with Crippen molar-refractivity contribution in [2.24, 2.45) is 5.73 Å². The van der Waals surface area contributed by atoms with Gasteiger partial charge in [-0.2, -0.15) is 0 Å². The summed E-state index contributed by atoms with van der Waals surface area (Å²) < 4.78 is 11.6. The zero-order valence-corrected chi connectivity index (χ0v) is 14.7. The molecule has 0 unspecified atom stereocenters. The molecule has 0 saturated carbocycles. The van der Waals surface area contributed by atoms with Crippen molar-refractivity contribution < 1.29 is 14.6 Å². The van der Waals surface area contributed by atoms with Gasteiger partial charge in [-0.1, -0.05) is 29.8 Å². The van der Waals surface area contributed by atoms with Crippen LogP contribution in [0.3, 0.4) is 0 Å². The van der Waals surface area contributed by atoms with Crippen LogP contribution in [-0.4, -0.2) is 17.9 Å². The maximum Gasteiger partial charge on any atom is 0.221 e. The first-order valence-electron chi connectivity index (χ1n) is 7.68. The predicted molar refractivity (Wildman–Crippen MR) is 99.2 cm³/mol. The second-order valence-electron chi connectivity index (χ2n) is 5.19. The molecule has 0 saturated heterocycles. The van der Waals surface area contributed by atoms with E-state index in [1.807, 2.05) is 37.3 Å². The van der Waals surface area contributed by atoms with Gasteiger partial charge in [0.05, 0.1) is 6.61 Å². The summed E-state index contributed by atoms with van der Waals surface area (Å²) in [4.78, 5) is 0. The number of hydrogen-bond acceptors (Lipinski definition) is 3. The fourth-order valence-electron chi connectivity index (χ4n) is 2.16. The van der Waals surface area contributed by atoms with Gasteiger partial charge in [0, 0.05) is 5.56 Å². The van der Waals surface area contributed by atoms with Gasteiger partial charge in [0.1, 0.15) is 6.61 Å². The molecule has 0 bridgehead atoms. The van der Waals surface area contributed by atoms with Crippen LogP contribution in [0.4, 0.5) is 0 Å². The van der Waals surface area contributed by atoms with Crippen LogP contribution in [0.1, 0.15) is 23.6 Å². The molecule has 0 aliphatic rings. The molecule has 0 amide bonds. The zero-order chi connectivity index (χ0) is 17.4. The molecular formula is C18H22N3O2S+. The number of ether oxygens (including phenoxy) is 2. The molecule has 0 aliphatic heterocycles. The maximum atomic E-state index is 5.91. The van der Waals surface area contributed by atoms with E-state index in [-0.39, 0.29) is 5.11 Å². The summed E-state index contributed by atoms with van der Waals surface area (Å²) in [6, 6.07) is 13.9. The van der Waals surface area contributed by atoms with Crippen LogP contribution >= 0.6 is 12.2 Å². The van der Waals surface area contributed by atoms with Crippen molar-refractivity contribution in [3.8, 4) is 11.5 Å². The summed E-state index contributed by atoms with van der Waals surface area (Å²) in [5.74, 6) is 1.40. The van der Waals surface area contributed by atoms with E-state index >= 15 is 0 Å². The molecule has 0 aromatic heterocycles. The lowest BCUT2D eigenvalue weighted by molar-refractivity contribution is -0.499. The second-order valence-corrected chi connectivity index (χ2v) is 5.63. The number of benzene rings is 2. The van der Waals surface area contributed by atoms with E-state index < -0.39 is 0 Å². The van der Waals surface area contributed by atoms with Gasteiger partial charge in [0.2, 0.25) is 5.11 Å². The number of thiocarbonyl (C=S) groups is 1. The lowest BCUT2D eigenvalue weighted by Crippen LogP contribution is -2.82. The Hall–Kier alpha value is -2.60. The van der Waals surface area contributed by atoms with Crippen molar-refractivity contribution >= 4 is 23.5 Å². The number of aryl methyl sites for hydroxylation is 1. The largest absolute Gasteiger partial charge is 0.490 e. The van der Waals surface area contributed by atoms with Gasteiger partial charge < -0.3 is 15.2 Å². The van der Waals surface area contributed by atoms with Crippen molar-refractivity contribution in [2.75, 3.05) is 6.61 Å². The first kappa shape index (κ1) is 17.7. The molecule has 2 aromatic rings. The number of rotatable bonds is 7. The van der Waals surface area contributed by atoms with E-state index in [1.54, 1.807) is 6.21 Å². The molecule has 126 valence electrons. The normalized spacial score (nSPS) is 10.6. The first-order valence-corrected chi connectivity index (χ1v) is 8.08. The predicted octanol–water partition coefficient (Wildman–Crippen LogP) is 1.22.